The number of hydrogen-bond acceptors (Lipinski definition) is 4. The molecule has 0 aliphatic heterocycles. The molecule has 0 spiro atoms. The predicted molar refractivity (Wildman–Crippen MR) is 136 cm³/mol. The van der Waals surface area contributed by atoms with Gasteiger partial charge in [0.2, 0.25) is 0 Å². The van der Waals surface area contributed by atoms with E-state index in [9.17, 15) is 4.79 Å². The molecule has 0 fully saturated rings. The second-order valence-corrected chi connectivity index (χ2v) is 8.13. The standard InChI is InChI=1S/C30H23NO4/c32-30(33)25-8-4-9-28(18-25)34-19-21-5-3-7-24(17-21)22-12-15-27(16-13-22)35-20-26-14-11-23-6-1-2-10-29(23)31-26/h1-18H,19-20H2,(H,32,33). The van der Waals surface area contributed by atoms with Crippen molar-refractivity contribution in [2.24, 2.45) is 0 Å². The van der Waals surface area contributed by atoms with Gasteiger partial charge in [0.15, 0.2) is 0 Å². The smallest absolute Gasteiger partial charge is 0.335 e. The summed E-state index contributed by atoms with van der Waals surface area (Å²) < 4.78 is 11.7. The van der Waals surface area contributed by atoms with Crippen LogP contribution >= 0.6 is 0 Å². The van der Waals surface area contributed by atoms with E-state index in [0.29, 0.717) is 19.0 Å². The van der Waals surface area contributed by atoms with Crippen molar-refractivity contribution in [1.82, 2.24) is 4.98 Å². The van der Waals surface area contributed by atoms with E-state index in [4.69, 9.17) is 14.6 Å². The lowest BCUT2D eigenvalue weighted by molar-refractivity contribution is 0.0696. The van der Waals surface area contributed by atoms with Gasteiger partial charge in [-0.15, -0.1) is 0 Å². The van der Waals surface area contributed by atoms with E-state index in [2.05, 4.69) is 17.1 Å². The van der Waals surface area contributed by atoms with Crippen molar-refractivity contribution < 1.29 is 19.4 Å². The molecule has 5 nitrogen and oxygen atoms in total. The van der Waals surface area contributed by atoms with Crippen molar-refractivity contribution in [1.29, 1.82) is 0 Å². The van der Waals surface area contributed by atoms with Crippen molar-refractivity contribution in [3.05, 3.63) is 126 Å². The first-order valence-corrected chi connectivity index (χ1v) is 11.3. The van der Waals surface area contributed by atoms with Gasteiger partial charge in [-0.1, -0.05) is 60.7 Å². The van der Waals surface area contributed by atoms with E-state index in [1.807, 2.05) is 72.8 Å². The minimum Gasteiger partial charge on any atom is -0.489 e. The van der Waals surface area contributed by atoms with E-state index in [-0.39, 0.29) is 5.56 Å². The molecule has 1 heterocycles. The fourth-order valence-corrected chi connectivity index (χ4v) is 3.82. The Morgan fingerprint density at radius 2 is 1.49 bits per heavy atom. The number of aromatic nitrogens is 1. The maximum Gasteiger partial charge on any atom is 0.335 e. The number of para-hydroxylation sites is 1. The lowest BCUT2D eigenvalue weighted by atomic mass is 10.0. The lowest BCUT2D eigenvalue weighted by Crippen LogP contribution is -1.99. The van der Waals surface area contributed by atoms with Crippen LogP contribution < -0.4 is 9.47 Å². The van der Waals surface area contributed by atoms with E-state index >= 15 is 0 Å². The molecule has 1 aromatic heterocycles. The molecular formula is C30H23NO4. The summed E-state index contributed by atoms with van der Waals surface area (Å²) in [6.07, 6.45) is 0. The van der Waals surface area contributed by atoms with Crippen LogP contribution in [-0.2, 0) is 13.2 Å². The number of aromatic carboxylic acids is 1. The highest BCUT2D eigenvalue weighted by atomic mass is 16.5. The third kappa shape index (κ3) is 5.47. The summed E-state index contributed by atoms with van der Waals surface area (Å²) in [4.78, 5) is 15.8. The molecule has 0 aliphatic carbocycles. The Morgan fingerprint density at radius 3 is 2.34 bits per heavy atom. The van der Waals surface area contributed by atoms with Crippen LogP contribution in [-0.4, -0.2) is 16.1 Å². The van der Waals surface area contributed by atoms with E-state index < -0.39 is 5.97 Å². The number of ether oxygens (including phenoxy) is 2. The second kappa shape index (κ2) is 10.1. The summed E-state index contributed by atoms with van der Waals surface area (Å²) in [7, 11) is 0. The predicted octanol–water partition coefficient (Wildman–Crippen LogP) is 6.76. The Hall–Kier alpha value is -4.64. The average molecular weight is 462 g/mol. The van der Waals surface area contributed by atoms with Crippen LogP contribution in [0.15, 0.2) is 109 Å². The summed E-state index contributed by atoms with van der Waals surface area (Å²) in [5.74, 6) is 0.331. The molecule has 4 aromatic carbocycles. The van der Waals surface area contributed by atoms with Crippen LogP contribution in [0.1, 0.15) is 21.6 Å². The molecule has 0 atom stereocenters. The Morgan fingerprint density at radius 1 is 0.686 bits per heavy atom. The monoisotopic (exact) mass is 461 g/mol. The Labute approximate surface area is 203 Å². The highest BCUT2D eigenvalue weighted by molar-refractivity contribution is 5.88. The van der Waals surface area contributed by atoms with Gasteiger partial charge in [0.1, 0.15) is 24.7 Å². The molecule has 172 valence electrons. The van der Waals surface area contributed by atoms with E-state index in [0.717, 1.165) is 39.0 Å². The van der Waals surface area contributed by atoms with Gasteiger partial charge in [0, 0.05) is 5.39 Å². The van der Waals surface area contributed by atoms with Gasteiger partial charge in [0.25, 0.3) is 0 Å². The van der Waals surface area contributed by atoms with Crippen molar-refractivity contribution in [2.45, 2.75) is 13.2 Å². The molecule has 0 aliphatic rings. The van der Waals surface area contributed by atoms with Gasteiger partial charge in [-0.3, -0.25) is 0 Å². The maximum atomic E-state index is 11.1. The third-order valence-electron chi connectivity index (χ3n) is 5.64. The number of pyridine rings is 1. The molecule has 35 heavy (non-hydrogen) atoms. The molecule has 5 aromatic rings. The molecular weight excluding hydrogens is 438 g/mol. The second-order valence-electron chi connectivity index (χ2n) is 8.13. The number of hydrogen-bond donors (Lipinski definition) is 1. The molecule has 1 N–H and O–H groups in total. The van der Waals surface area contributed by atoms with Crippen LogP contribution in [0.5, 0.6) is 11.5 Å². The molecule has 0 saturated heterocycles. The van der Waals surface area contributed by atoms with Crippen LogP contribution in [0, 0.1) is 0 Å². The van der Waals surface area contributed by atoms with Crippen molar-refractivity contribution in [3.8, 4) is 22.6 Å². The van der Waals surface area contributed by atoms with Crippen LogP contribution in [0.2, 0.25) is 0 Å². The van der Waals surface area contributed by atoms with Crippen molar-refractivity contribution >= 4 is 16.9 Å². The molecule has 5 heteroatoms. The first kappa shape index (κ1) is 22.2. The molecule has 0 radical (unpaired) electrons. The highest BCUT2D eigenvalue weighted by Gasteiger charge is 2.06. The number of rotatable bonds is 8. The summed E-state index contributed by atoms with van der Waals surface area (Å²) in [6, 6.07) is 34.6. The van der Waals surface area contributed by atoms with Gasteiger partial charge in [-0.2, -0.15) is 0 Å². The fraction of sp³-hybridized carbons (Fsp3) is 0.0667. The highest BCUT2D eigenvalue weighted by Crippen LogP contribution is 2.25. The van der Waals surface area contributed by atoms with Gasteiger partial charge in [0.05, 0.1) is 16.8 Å². The minimum absolute atomic E-state index is 0.204. The van der Waals surface area contributed by atoms with Crippen LogP contribution in [0.4, 0.5) is 0 Å². The van der Waals surface area contributed by atoms with Gasteiger partial charge < -0.3 is 14.6 Å². The molecule has 0 saturated carbocycles. The maximum absolute atomic E-state index is 11.1. The summed E-state index contributed by atoms with van der Waals surface area (Å²) >= 11 is 0. The number of fused-ring (bicyclic) bond motifs is 1. The van der Waals surface area contributed by atoms with Crippen molar-refractivity contribution in [2.75, 3.05) is 0 Å². The average Bonchev–Trinajstić information content (AvgIpc) is 2.91. The SMILES string of the molecule is O=C(O)c1cccc(OCc2cccc(-c3ccc(OCc4ccc5ccccc5n4)cc3)c2)c1. The van der Waals surface area contributed by atoms with Gasteiger partial charge in [-0.25, -0.2) is 9.78 Å². The van der Waals surface area contributed by atoms with Crippen LogP contribution in [0.3, 0.4) is 0 Å². The summed E-state index contributed by atoms with van der Waals surface area (Å²) in [6.45, 7) is 0.747. The molecule has 0 unspecified atom stereocenters. The lowest BCUT2D eigenvalue weighted by Gasteiger charge is -2.10. The zero-order chi connectivity index (χ0) is 24.0. The molecule has 5 rings (SSSR count). The van der Waals surface area contributed by atoms with Crippen molar-refractivity contribution in [3.63, 3.8) is 0 Å². The van der Waals surface area contributed by atoms with Gasteiger partial charge in [-0.05, 0) is 65.2 Å². The number of benzene rings is 4. The number of nitrogens with zero attached hydrogens (tertiary/aromatic N) is 1. The van der Waals surface area contributed by atoms with Gasteiger partial charge >= 0.3 is 5.97 Å². The Balaban J connectivity index is 1.22. The van der Waals surface area contributed by atoms with E-state index in [1.54, 1.807) is 18.2 Å². The number of carboxylic acids is 1. The zero-order valence-electron chi connectivity index (χ0n) is 18.9. The first-order chi connectivity index (χ1) is 17.1. The summed E-state index contributed by atoms with van der Waals surface area (Å²) in [5.41, 5.74) is 5.17. The van der Waals surface area contributed by atoms with Crippen LogP contribution in [0.25, 0.3) is 22.0 Å². The largest absolute Gasteiger partial charge is 0.489 e. The normalized spacial score (nSPS) is 10.7. The number of carboxylic acid groups (broad SMARTS) is 1. The Bertz CT molecular complexity index is 1480. The number of carbonyl (C=O) groups is 1. The molecule has 0 amide bonds. The first-order valence-electron chi connectivity index (χ1n) is 11.3. The quantitative estimate of drug-likeness (QED) is 0.277. The fourth-order valence-electron chi connectivity index (χ4n) is 3.82. The molecule has 0 bridgehead atoms. The minimum atomic E-state index is -0.974. The van der Waals surface area contributed by atoms with E-state index in [1.165, 1.54) is 6.07 Å². The summed E-state index contributed by atoms with van der Waals surface area (Å²) in [5, 5.41) is 10.3. The zero-order valence-corrected chi connectivity index (χ0v) is 18.9. The third-order valence-corrected chi connectivity index (χ3v) is 5.64. The Kier molecular flexibility index (Phi) is 6.39. The topological polar surface area (TPSA) is 68.7 Å².